The maximum atomic E-state index is 12.6. The van der Waals surface area contributed by atoms with Gasteiger partial charge in [-0.3, -0.25) is 14.8 Å². The second-order valence-corrected chi connectivity index (χ2v) is 5.38. The molecule has 0 atom stereocenters. The summed E-state index contributed by atoms with van der Waals surface area (Å²) >= 11 is 0.879. The van der Waals surface area contributed by atoms with E-state index in [0.29, 0.717) is 0 Å². The van der Waals surface area contributed by atoms with Crippen molar-refractivity contribution in [3.8, 4) is 0 Å². The number of nitro groups is 1. The monoisotopic (exact) mass is 317 g/mol. The van der Waals surface area contributed by atoms with Gasteiger partial charge in [0.1, 0.15) is 0 Å². The van der Waals surface area contributed by atoms with Crippen molar-refractivity contribution in [2.45, 2.75) is 23.0 Å². The highest BCUT2D eigenvalue weighted by molar-refractivity contribution is 7.99. The number of aromatic nitrogens is 2. The minimum absolute atomic E-state index is 0.152. The van der Waals surface area contributed by atoms with Gasteiger partial charge in [0.05, 0.1) is 14.8 Å². The topological polar surface area (TPSA) is 61.0 Å². The number of nitrogens with zero attached hydrogens (tertiary/aromatic N) is 3. The van der Waals surface area contributed by atoms with E-state index in [2.05, 4.69) is 5.10 Å². The molecule has 1 aromatic heterocycles. The average Bonchev–Trinajstić information content (AvgIpc) is 2.70. The average molecular weight is 317 g/mol. The standard InChI is InChI=1S/C12H10F3N3O2S/c1-7-3-4-8(18(19)20)9(5-7)21-11-6-10(12(13,14)15)16-17(11)2/h3-6H,1-2H3. The molecule has 0 saturated carbocycles. The zero-order valence-electron chi connectivity index (χ0n) is 11.0. The molecule has 0 radical (unpaired) electrons. The van der Waals surface area contributed by atoms with Gasteiger partial charge in [-0.25, -0.2) is 0 Å². The molecule has 2 rings (SSSR count). The molecule has 0 amide bonds. The van der Waals surface area contributed by atoms with Crippen molar-refractivity contribution in [3.05, 3.63) is 45.6 Å². The van der Waals surface area contributed by atoms with Gasteiger partial charge in [-0.2, -0.15) is 18.3 Å². The second-order valence-electron chi connectivity index (χ2n) is 4.32. The molecule has 0 aliphatic rings. The molecule has 5 nitrogen and oxygen atoms in total. The zero-order valence-corrected chi connectivity index (χ0v) is 11.8. The third-order valence-corrected chi connectivity index (χ3v) is 3.79. The van der Waals surface area contributed by atoms with Crippen molar-refractivity contribution < 1.29 is 18.1 Å². The Morgan fingerprint density at radius 3 is 2.52 bits per heavy atom. The van der Waals surface area contributed by atoms with Crippen LogP contribution >= 0.6 is 11.8 Å². The lowest BCUT2D eigenvalue weighted by Gasteiger charge is -2.04. The van der Waals surface area contributed by atoms with E-state index < -0.39 is 16.8 Å². The summed E-state index contributed by atoms with van der Waals surface area (Å²) < 4.78 is 38.9. The van der Waals surface area contributed by atoms with Gasteiger partial charge in [0.2, 0.25) is 0 Å². The number of hydrogen-bond acceptors (Lipinski definition) is 4. The molecule has 1 aromatic carbocycles. The Hall–Kier alpha value is -2.03. The van der Waals surface area contributed by atoms with Crippen LogP contribution in [0, 0.1) is 17.0 Å². The van der Waals surface area contributed by atoms with E-state index in [9.17, 15) is 23.3 Å². The van der Waals surface area contributed by atoms with E-state index in [0.717, 1.165) is 28.1 Å². The normalized spacial score (nSPS) is 11.7. The first-order chi connectivity index (χ1) is 9.68. The van der Waals surface area contributed by atoms with Crippen LogP contribution in [0.25, 0.3) is 0 Å². The summed E-state index contributed by atoms with van der Waals surface area (Å²) in [5.74, 6) is 0. The molecule has 0 aliphatic carbocycles. The Morgan fingerprint density at radius 2 is 2.00 bits per heavy atom. The van der Waals surface area contributed by atoms with Crippen molar-refractivity contribution in [1.29, 1.82) is 0 Å². The Balaban J connectivity index is 2.41. The first-order valence-corrected chi connectivity index (χ1v) is 6.54. The molecule has 0 saturated heterocycles. The molecule has 2 aromatic rings. The molecule has 112 valence electrons. The summed E-state index contributed by atoms with van der Waals surface area (Å²) in [6, 6.07) is 5.34. The maximum absolute atomic E-state index is 12.6. The fourth-order valence-electron chi connectivity index (χ4n) is 1.65. The van der Waals surface area contributed by atoms with Gasteiger partial charge in [-0.1, -0.05) is 17.8 Å². The van der Waals surface area contributed by atoms with Gasteiger partial charge in [0.15, 0.2) is 5.69 Å². The fourth-order valence-corrected chi connectivity index (χ4v) is 2.71. The largest absolute Gasteiger partial charge is 0.435 e. The van der Waals surface area contributed by atoms with Gasteiger partial charge in [-0.05, 0) is 18.6 Å². The highest BCUT2D eigenvalue weighted by Crippen LogP contribution is 2.37. The quantitative estimate of drug-likeness (QED) is 0.638. The van der Waals surface area contributed by atoms with E-state index in [1.54, 1.807) is 19.1 Å². The predicted octanol–water partition coefficient (Wildman–Crippen LogP) is 3.81. The number of nitro benzene ring substituents is 1. The van der Waals surface area contributed by atoms with Crippen LogP contribution in [0.3, 0.4) is 0 Å². The Labute approximate surface area is 121 Å². The van der Waals surface area contributed by atoms with E-state index in [-0.39, 0.29) is 15.6 Å². The van der Waals surface area contributed by atoms with Crippen molar-refractivity contribution in [2.24, 2.45) is 7.05 Å². The minimum atomic E-state index is -4.55. The number of halogens is 3. The van der Waals surface area contributed by atoms with E-state index in [1.165, 1.54) is 13.1 Å². The van der Waals surface area contributed by atoms with Gasteiger partial charge < -0.3 is 0 Å². The number of alkyl halides is 3. The van der Waals surface area contributed by atoms with Gasteiger partial charge in [-0.15, -0.1) is 0 Å². The number of rotatable bonds is 3. The fraction of sp³-hybridized carbons (Fsp3) is 0.250. The van der Waals surface area contributed by atoms with Crippen LogP contribution in [0.4, 0.5) is 18.9 Å². The first-order valence-electron chi connectivity index (χ1n) is 5.72. The number of hydrogen-bond donors (Lipinski definition) is 0. The van der Waals surface area contributed by atoms with Crippen LogP contribution in [0.1, 0.15) is 11.3 Å². The highest BCUT2D eigenvalue weighted by atomic mass is 32.2. The third-order valence-electron chi connectivity index (χ3n) is 2.65. The summed E-state index contributed by atoms with van der Waals surface area (Å²) in [6.45, 7) is 1.75. The first kappa shape index (κ1) is 15.4. The van der Waals surface area contributed by atoms with Gasteiger partial charge in [0.25, 0.3) is 5.69 Å². The molecule has 9 heteroatoms. The molecular formula is C12H10F3N3O2S. The lowest BCUT2D eigenvalue weighted by Crippen LogP contribution is -2.06. The molecule has 0 spiro atoms. The summed E-state index contributed by atoms with van der Waals surface area (Å²) in [5.41, 5.74) is -0.399. The Kier molecular flexibility index (Phi) is 3.95. The van der Waals surface area contributed by atoms with Crippen molar-refractivity contribution in [1.82, 2.24) is 9.78 Å². The Bertz CT molecular complexity index is 698. The molecule has 0 unspecified atom stereocenters. The molecule has 21 heavy (non-hydrogen) atoms. The molecule has 0 aliphatic heterocycles. The minimum Gasteiger partial charge on any atom is -0.261 e. The van der Waals surface area contributed by atoms with Crippen molar-refractivity contribution in [2.75, 3.05) is 0 Å². The lowest BCUT2D eigenvalue weighted by molar-refractivity contribution is -0.387. The molecular weight excluding hydrogens is 307 g/mol. The van der Waals surface area contributed by atoms with Crippen LogP contribution in [0.15, 0.2) is 34.2 Å². The molecule has 0 bridgehead atoms. The zero-order chi connectivity index (χ0) is 15.8. The van der Waals surface area contributed by atoms with Gasteiger partial charge in [0, 0.05) is 19.2 Å². The summed E-state index contributed by atoms with van der Waals surface area (Å²) in [7, 11) is 1.36. The summed E-state index contributed by atoms with van der Waals surface area (Å²) in [6.07, 6.45) is -4.55. The number of benzene rings is 1. The van der Waals surface area contributed by atoms with Crippen LogP contribution in [0.5, 0.6) is 0 Å². The third kappa shape index (κ3) is 3.35. The molecule has 0 fully saturated rings. The van der Waals surface area contributed by atoms with Crippen molar-refractivity contribution in [3.63, 3.8) is 0 Å². The van der Waals surface area contributed by atoms with Crippen LogP contribution in [0.2, 0.25) is 0 Å². The number of aryl methyl sites for hydroxylation is 2. The van der Waals surface area contributed by atoms with Crippen LogP contribution in [-0.2, 0) is 13.2 Å². The molecule has 1 heterocycles. The maximum Gasteiger partial charge on any atom is 0.435 e. The summed E-state index contributed by atoms with van der Waals surface area (Å²) in [4.78, 5) is 10.7. The van der Waals surface area contributed by atoms with Crippen LogP contribution < -0.4 is 0 Å². The van der Waals surface area contributed by atoms with Crippen LogP contribution in [-0.4, -0.2) is 14.7 Å². The van der Waals surface area contributed by atoms with E-state index in [1.807, 2.05) is 0 Å². The van der Waals surface area contributed by atoms with Crippen molar-refractivity contribution >= 4 is 17.4 Å². The Morgan fingerprint density at radius 1 is 1.33 bits per heavy atom. The van der Waals surface area contributed by atoms with E-state index in [4.69, 9.17) is 0 Å². The molecule has 0 N–H and O–H groups in total. The van der Waals surface area contributed by atoms with E-state index >= 15 is 0 Å². The lowest BCUT2D eigenvalue weighted by atomic mass is 10.2. The summed E-state index contributed by atoms with van der Waals surface area (Å²) in [5, 5.41) is 14.5. The highest BCUT2D eigenvalue weighted by Gasteiger charge is 2.34. The predicted molar refractivity (Wildman–Crippen MR) is 70.2 cm³/mol. The SMILES string of the molecule is Cc1ccc([N+](=O)[O-])c(Sc2cc(C(F)(F)F)nn2C)c1. The van der Waals surface area contributed by atoms with Gasteiger partial charge >= 0.3 is 6.18 Å². The second kappa shape index (κ2) is 5.40. The smallest absolute Gasteiger partial charge is 0.261 e.